The average molecular weight is 286 g/mol. The average Bonchev–Trinajstić information content (AvgIpc) is 2.39. The molecule has 0 amide bonds. The molecule has 0 radical (unpaired) electrons. The number of nitrogens with one attached hydrogen (secondary N) is 1. The van der Waals surface area contributed by atoms with E-state index >= 15 is 0 Å². The van der Waals surface area contributed by atoms with Crippen molar-refractivity contribution in [2.45, 2.75) is 65.5 Å². The summed E-state index contributed by atoms with van der Waals surface area (Å²) in [6, 6.07) is 0.298. The fourth-order valence-corrected chi connectivity index (χ4v) is 2.18. The second-order valence-corrected chi connectivity index (χ2v) is 5.32. The molecule has 0 fully saturated rings. The first-order chi connectivity index (χ1) is 9.10. The van der Waals surface area contributed by atoms with Gasteiger partial charge in [0, 0.05) is 12.6 Å². The van der Waals surface area contributed by atoms with Gasteiger partial charge in [-0.25, -0.2) is 4.68 Å². The molecule has 0 saturated heterocycles. The first-order valence-electron chi connectivity index (χ1n) is 7.12. The maximum Gasteiger partial charge on any atom is 0.287 e. The number of anilines is 1. The molecule has 0 aliphatic carbocycles. The topological polar surface area (TPSA) is 46.9 Å². The number of hydrogen-bond donors (Lipinski definition) is 1. The zero-order valence-electron chi connectivity index (χ0n) is 12.1. The number of aryl methyl sites for hydroxylation is 1. The van der Waals surface area contributed by atoms with Gasteiger partial charge in [-0.05, 0) is 19.8 Å². The van der Waals surface area contributed by atoms with Crippen LogP contribution in [0.15, 0.2) is 11.0 Å². The lowest BCUT2D eigenvalue weighted by Crippen LogP contribution is -2.25. The number of halogens is 1. The van der Waals surface area contributed by atoms with Crippen LogP contribution in [0.3, 0.4) is 0 Å². The number of aromatic nitrogens is 2. The molecular formula is C14H24ClN3O. The third kappa shape index (κ3) is 4.86. The molecule has 1 N–H and O–H groups in total. The van der Waals surface area contributed by atoms with Crippen LogP contribution in [0.25, 0.3) is 0 Å². The van der Waals surface area contributed by atoms with Gasteiger partial charge in [-0.15, -0.1) is 0 Å². The summed E-state index contributed by atoms with van der Waals surface area (Å²) in [6.07, 6.45) is 7.21. The molecule has 1 atom stereocenters. The zero-order chi connectivity index (χ0) is 14.3. The molecule has 1 aromatic heterocycles. The van der Waals surface area contributed by atoms with E-state index in [1.807, 2.05) is 6.92 Å². The van der Waals surface area contributed by atoms with Crippen molar-refractivity contribution in [3.05, 3.63) is 21.6 Å². The summed E-state index contributed by atoms with van der Waals surface area (Å²) in [5, 5.41) is 7.65. The summed E-state index contributed by atoms with van der Waals surface area (Å²) >= 11 is 6.10. The summed E-state index contributed by atoms with van der Waals surface area (Å²) < 4.78 is 1.41. The number of rotatable bonds is 8. The lowest BCUT2D eigenvalue weighted by molar-refractivity contribution is 0.566. The van der Waals surface area contributed by atoms with Crippen LogP contribution in [0.4, 0.5) is 5.69 Å². The van der Waals surface area contributed by atoms with Gasteiger partial charge in [0.1, 0.15) is 5.02 Å². The van der Waals surface area contributed by atoms with E-state index in [0.717, 1.165) is 12.8 Å². The highest BCUT2D eigenvalue weighted by Gasteiger charge is 2.10. The van der Waals surface area contributed by atoms with Crippen LogP contribution < -0.4 is 10.9 Å². The minimum atomic E-state index is -0.214. The molecule has 4 nitrogen and oxygen atoms in total. The number of hydrogen-bond acceptors (Lipinski definition) is 3. The molecule has 0 aliphatic heterocycles. The molecule has 1 unspecified atom stereocenters. The second kappa shape index (κ2) is 8.20. The third-order valence-corrected chi connectivity index (χ3v) is 3.43. The van der Waals surface area contributed by atoms with Crippen LogP contribution in [-0.2, 0) is 6.54 Å². The SMILES string of the molecule is CCCCCC(C)Nc1cnn(CCC)c(=O)c1Cl. The van der Waals surface area contributed by atoms with Crippen molar-refractivity contribution in [2.24, 2.45) is 0 Å². The first-order valence-corrected chi connectivity index (χ1v) is 7.50. The molecule has 1 rings (SSSR count). The van der Waals surface area contributed by atoms with E-state index in [-0.39, 0.29) is 10.6 Å². The lowest BCUT2D eigenvalue weighted by atomic mass is 10.1. The summed E-state index contributed by atoms with van der Waals surface area (Å²) in [7, 11) is 0. The van der Waals surface area contributed by atoms with E-state index in [1.54, 1.807) is 6.20 Å². The predicted molar refractivity (Wildman–Crippen MR) is 81.0 cm³/mol. The summed E-state index contributed by atoms with van der Waals surface area (Å²) in [6.45, 7) is 6.89. The Labute approximate surface area is 120 Å². The molecule has 0 aromatic carbocycles. The van der Waals surface area contributed by atoms with E-state index in [1.165, 1.54) is 23.9 Å². The van der Waals surface area contributed by atoms with E-state index in [2.05, 4.69) is 24.3 Å². The van der Waals surface area contributed by atoms with Crippen LogP contribution >= 0.6 is 11.6 Å². The van der Waals surface area contributed by atoms with Gasteiger partial charge >= 0.3 is 0 Å². The van der Waals surface area contributed by atoms with Gasteiger partial charge in [0.15, 0.2) is 0 Å². The fourth-order valence-electron chi connectivity index (χ4n) is 1.97. The fraction of sp³-hybridized carbons (Fsp3) is 0.714. The molecule has 1 aromatic rings. The van der Waals surface area contributed by atoms with Gasteiger partial charge in [-0.1, -0.05) is 44.7 Å². The first kappa shape index (κ1) is 16.0. The quantitative estimate of drug-likeness (QED) is 0.741. The molecule has 0 saturated carbocycles. The van der Waals surface area contributed by atoms with Crippen molar-refractivity contribution in [2.75, 3.05) is 5.32 Å². The molecule has 108 valence electrons. The molecule has 0 bridgehead atoms. The zero-order valence-corrected chi connectivity index (χ0v) is 12.8. The van der Waals surface area contributed by atoms with Gasteiger partial charge in [-0.2, -0.15) is 5.10 Å². The Morgan fingerprint density at radius 1 is 1.37 bits per heavy atom. The van der Waals surface area contributed by atoms with Gasteiger partial charge in [0.25, 0.3) is 5.56 Å². The van der Waals surface area contributed by atoms with Gasteiger partial charge < -0.3 is 5.32 Å². The van der Waals surface area contributed by atoms with Crippen molar-refractivity contribution >= 4 is 17.3 Å². The summed E-state index contributed by atoms with van der Waals surface area (Å²) in [5.74, 6) is 0. The maximum atomic E-state index is 11.9. The van der Waals surface area contributed by atoms with E-state index in [4.69, 9.17) is 11.6 Å². The largest absolute Gasteiger partial charge is 0.380 e. The maximum absolute atomic E-state index is 11.9. The Hall–Kier alpha value is -1.03. The van der Waals surface area contributed by atoms with E-state index < -0.39 is 0 Å². The number of unbranched alkanes of at least 4 members (excludes halogenated alkanes) is 2. The second-order valence-electron chi connectivity index (χ2n) is 4.94. The van der Waals surface area contributed by atoms with Crippen molar-refractivity contribution in [3.63, 3.8) is 0 Å². The Bertz CT molecular complexity index is 445. The standard InChI is InChI=1S/C14H24ClN3O/c1-4-6-7-8-11(3)17-12-10-16-18(9-5-2)14(19)13(12)15/h10-11,17H,4-9H2,1-3H3. The lowest BCUT2D eigenvalue weighted by Gasteiger charge is -2.16. The van der Waals surface area contributed by atoms with Crippen LogP contribution in [0.1, 0.15) is 52.9 Å². The van der Waals surface area contributed by atoms with Crippen molar-refractivity contribution in [1.29, 1.82) is 0 Å². The van der Waals surface area contributed by atoms with Gasteiger partial charge in [0.2, 0.25) is 0 Å². The molecule has 0 aliphatic rings. The minimum Gasteiger partial charge on any atom is -0.380 e. The van der Waals surface area contributed by atoms with Crippen molar-refractivity contribution in [1.82, 2.24) is 9.78 Å². The van der Waals surface area contributed by atoms with E-state index in [0.29, 0.717) is 18.3 Å². The van der Waals surface area contributed by atoms with Crippen LogP contribution in [0, 0.1) is 0 Å². The van der Waals surface area contributed by atoms with Gasteiger partial charge in [-0.3, -0.25) is 4.79 Å². The van der Waals surface area contributed by atoms with Crippen molar-refractivity contribution < 1.29 is 0 Å². The van der Waals surface area contributed by atoms with Crippen LogP contribution in [0.5, 0.6) is 0 Å². The van der Waals surface area contributed by atoms with E-state index in [9.17, 15) is 4.79 Å². The molecular weight excluding hydrogens is 262 g/mol. The monoisotopic (exact) mass is 285 g/mol. The third-order valence-electron chi connectivity index (χ3n) is 3.06. The van der Waals surface area contributed by atoms with Crippen LogP contribution in [0.2, 0.25) is 5.02 Å². The van der Waals surface area contributed by atoms with Crippen molar-refractivity contribution in [3.8, 4) is 0 Å². The summed E-state index contributed by atoms with van der Waals surface area (Å²) in [4.78, 5) is 11.9. The molecule has 19 heavy (non-hydrogen) atoms. The predicted octanol–water partition coefficient (Wildman–Crippen LogP) is 3.69. The highest BCUT2D eigenvalue weighted by Crippen LogP contribution is 2.18. The minimum absolute atomic E-state index is 0.214. The van der Waals surface area contributed by atoms with Gasteiger partial charge in [0.05, 0.1) is 11.9 Å². The highest BCUT2D eigenvalue weighted by atomic mass is 35.5. The highest BCUT2D eigenvalue weighted by molar-refractivity contribution is 6.32. The van der Waals surface area contributed by atoms with Crippen LogP contribution in [-0.4, -0.2) is 15.8 Å². The Kier molecular flexibility index (Phi) is 6.92. The molecule has 0 spiro atoms. The normalized spacial score (nSPS) is 12.4. The molecule has 5 heteroatoms. The number of nitrogens with zero attached hydrogens (tertiary/aromatic N) is 2. The molecule has 1 heterocycles. The Morgan fingerprint density at radius 2 is 2.11 bits per heavy atom. The smallest absolute Gasteiger partial charge is 0.287 e. The Balaban J connectivity index is 2.69. The summed E-state index contributed by atoms with van der Waals surface area (Å²) in [5.41, 5.74) is 0.428. The Morgan fingerprint density at radius 3 is 2.74 bits per heavy atom.